The van der Waals surface area contributed by atoms with Crippen LogP contribution in [0.3, 0.4) is 0 Å². The van der Waals surface area contributed by atoms with Gasteiger partial charge in [0.2, 0.25) is 0 Å². The van der Waals surface area contributed by atoms with Crippen molar-refractivity contribution >= 4 is 23.6 Å². The zero-order chi connectivity index (χ0) is 10.8. The van der Waals surface area contributed by atoms with Gasteiger partial charge in [0.25, 0.3) is 0 Å². The molecule has 0 aliphatic rings. The van der Waals surface area contributed by atoms with Gasteiger partial charge < -0.3 is 9.52 Å². The Bertz CT molecular complexity index is 509. The lowest BCUT2D eigenvalue weighted by molar-refractivity contribution is 0.0702. The van der Waals surface area contributed by atoms with Gasteiger partial charge in [0, 0.05) is 10.9 Å². The van der Waals surface area contributed by atoms with E-state index in [9.17, 15) is 9.59 Å². The van der Waals surface area contributed by atoms with Gasteiger partial charge >= 0.3 is 5.97 Å². The average molecular weight is 222 g/mol. The number of furan rings is 1. The van der Waals surface area contributed by atoms with Crippen LogP contribution in [0.5, 0.6) is 0 Å². The number of hydrogen-bond acceptors (Lipinski definition) is 4. The Morgan fingerprint density at radius 3 is 2.80 bits per heavy atom. The fraction of sp³-hybridized carbons (Fsp3) is 0. The minimum absolute atomic E-state index is 0.230. The van der Waals surface area contributed by atoms with Crippen molar-refractivity contribution in [3.8, 4) is 11.3 Å². The summed E-state index contributed by atoms with van der Waals surface area (Å²) in [5.74, 6) is -0.234. The van der Waals surface area contributed by atoms with Crippen molar-refractivity contribution < 1.29 is 19.1 Å². The third-order valence-electron chi connectivity index (χ3n) is 1.84. The van der Waals surface area contributed by atoms with Crippen molar-refractivity contribution in [3.63, 3.8) is 0 Å². The zero-order valence-electron chi connectivity index (χ0n) is 7.47. The molecule has 0 amide bonds. The van der Waals surface area contributed by atoms with Crippen LogP contribution in [0.1, 0.15) is 20.2 Å². The van der Waals surface area contributed by atoms with E-state index in [2.05, 4.69) is 0 Å². The molecule has 2 rings (SSSR count). The van der Waals surface area contributed by atoms with Crippen molar-refractivity contribution in [3.05, 3.63) is 34.2 Å². The van der Waals surface area contributed by atoms with E-state index in [0.717, 1.165) is 11.3 Å². The summed E-state index contributed by atoms with van der Waals surface area (Å²) >= 11 is 1.12. The van der Waals surface area contributed by atoms with Gasteiger partial charge in [-0.3, -0.25) is 4.79 Å². The number of rotatable bonds is 3. The minimum Gasteiger partial charge on any atom is -0.477 e. The predicted molar refractivity (Wildman–Crippen MR) is 54.4 cm³/mol. The molecule has 0 atom stereocenters. The first kappa shape index (κ1) is 9.67. The van der Waals surface area contributed by atoms with E-state index in [0.29, 0.717) is 17.6 Å². The summed E-state index contributed by atoms with van der Waals surface area (Å²) in [6.45, 7) is 0. The Kier molecular flexibility index (Phi) is 2.39. The standard InChI is InChI=1S/C10H6O4S/c11-4-7-1-2-8(14-7)6-3-9(10(12)13)15-5-6/h1-5H,(H,12,13). The monoisotopic (exact) mass is 222 g/mol. The summed E-state index contributed by atoms with van der Waals surface area (Å²) in [6, 6.07) is 4.69. The summed E-state index contributed by atoms with van der Waals surface area (Å²) in [6.07, 6.45) is 0.605. The van der Waals surface area contributed by atoms with E-state index in [1.54, 1.807) is 17.5 Å². The minimum atomic E-state index is -0.964. The highest BCUT2D eigenvalue weighted by molar-refractivity contribution is 7.12. The summed E-state index contributed by atoms with van der Waals surface area (Å²) < 4.78 is 5.16. The molecule has 0 unspecified atom stereocenters. The molecular weight excluding hydrogens is 216 g/mol. The first-order valence-electron chi connectivity index (χ1n) is 4.08. The number of carboxylic acids is 1. The highest BCUT2D eigenvalue weighted by Gasteiger charge is 2.10. The largest absolute Gasteiger partial charge is 0.477 e. The molecule has 0 fully saturated rings. The van der Waals surface area contributed by atoms with Crippen LogP contribution in [-0.2, 0) is 0 Å². The van der Waals surface area contributed by atoms with Crippen LogP contribution in [0, 0.1) is 0 Å². The number of aromatic carboxylic acids is 1. The molecule has 1 N–H and O–H groups in total. The van der Waals surface area contributed by atoms with Crippen LogP contribution >= 0.6 is 11.3 Å². The summed E-state index contributed by atoms with van der Waals surface area (Å²) in [5, 5.41) is 10.4. The molecule has 15 heavy (non-hydrogen) atoms. The van der Waals surface area contributed by atoms with E-state index < -0.39 is 5.97 Å². The molecule has 0 aromatic carbocycles. The molecule has 0 spiro atoms. The number of carbonyl (C=O) groups excluding carboxylic acids is 1. The SMILES string of the molecule is O=Cc1ccc(-c2csc(C(=O)O)c2)o1. The highest BCUT2D eigenvalue weighted by atomic mass is 32.1. The van der Waals surface area contributed by atoms with E-state index in [1.807, 2.05) is 0 Å². The molecule has 4 nitrogen and oxygen atoms in total. The van der Waals surface area contributed by atoms with E-state index in [1.165, 1.54) is 6.07 Å². The van der Waals surface area contributed by atoms with Crippen molar-refractivity contribution in [2.75, 3.05) is 0 Å². The van der Waals surface area contributed by atoms with Gasteiger partial charge in [0.1, 0.15) is 10.6 Å². The normalized spacial score (nSPS) is 10.1. The molecule has 76 valence electrons. The summed E-state index contributed by atoms with van der Waals surface area (Å²) in [5.41, 5.74) is 0.672. The van der Waals surface area contributed by atoms with Gasteiger partial charge in [0.05, 0.1) is 0 Å². The number of hydrogen-bond donors (Lipinski definition) is 1. The Labute approximate surface area is 88.8 Å². The van der Waals surface area contributed by atoms with Crippen LogP contribution in [0.15, 0.2) is 28.0 Å². The van der Waals surface area contributed by atoms with Gasteiger partial charge in [-0.15, -0.1) is 11.3 Å². The maximum atomic E-state index is 10.6. The predicted octanol–water partition coefficient (Wildman–Crippen LogP) is 2.52. The van der Waals surface area contributed by atoms with Crippen LogP contribution in [0.2, 0.25) is 0 Å². The molecule has 2 aromatic rings. The number of carbonyl (C=O) groups is 2. The maximum absolute atomic E-state index is 10.6. The topological polar surface area (TPSA) is 67.5 Å². The fourth-order valence-electron chi connectivity index (χ4n) is 1.15. The van der Waals surface area contributed by atoms with E-state index in [-0.39, 0.29) is 10.6 Å². The molecule has 5 heteroatoms. The molecule has 0 aliphatic carbocycles. The third kappa shape index (κ3) is 1.82. The Morgan fingerprint density at radius 1 is 1.47 bits per heavy atom. The maximum Gasteiger partial charge on any atom is 0.345 e. The Hall–Kier alpha value is -1.88. The zero-order valence-corrected chi connectivity index (χ0v) is 8.28. The molecule has 0 saturated heterocycles. The van der Waals surface area contributed by atoms with Gasteiger partial charge in [-0.1, -0.05) is 0 Å². The summed E-state index contributed by atoms with van der Waals surface area (Å²) in [7, 11) is 0. The quantitative estimate of drug-likeness (QED) is 0.810. The van der Waals surface area contributed by atoms with Crippen LogP contribution < -0.4 is 0 Å². The fourth-order valence-corrected chi connectivity index (χ4v) is 1.88. The number of aldehydes is 1. The van der Waals surface area contributed by atoms with Crippen LogP contribution in [0.25, 0.3) is 11.3 Å². The Morgan fingerprint density at radius 2 is 2.27 bits per heavy atom. The van der Waals surface area contributed by atoms with Gasteiger partial charge in [-0.05, 0) is 18.2 Å². The van der Waals surface area contributed by atoms with Crippen LogP contribution in [0.4, 0.5) is 0 Å². The first-order valence-corrected chi connectivity index (χ1v) is 4.96. The molecule has 2 aromatic heterocycles. The molecule has 0 aliphatic heterocycles. The highest BCUT2D eigenvalue weighted by Crippen LogP contribution is 2.26. The molecule has 0 bridgehead atoms. The molecular formula is C10H6O4S. The van der Waals surface area contributed by atoms with E-state index >= 15 is 0 Å². The van der Waals surface area contributed by atoms with Crippen LogP contribution in [-0.4, -0.2) is 17.4 Å². The lowest BCUT2D eigenvalue weighted by atomic mass is 10.2. The van der Waals surface area contributed by atoms with Crippen molar-refractivity contribution in [1.29, 1.82) is 0 Å². The average Bonchev–Trinajstić information content (AvgIpc) is 2.86. The Balaban J connectivity index is 2.36. The second-order valence-corrected chi connectivity index (χ2v) is 3.74. The lowest BCUT2D eigenvalue weighted by Gasteiger charge is -1.88. The molecule has 0 saturated carbocycles. The molecule has 0 radical (unpaired) electrons. The van der Waals surface area contributed by atoms with Gasteiger partial charge in [0.15, 0.2) is 12.0 Å². The second kappa shape index (κ2) is 3.70. The van der Waals surface area contributed by atoms with Gasteiger partial charge in [-0.25, -0.2) is 4.79 Å². The van der Waals surface area contributed by atoms with Crippen molar-refractivity contribution in [2.45, 2.75) is 0 Å². The summed E-state index contributed by atoms with van der Waals surface area (Å²) in [4.78, 5) is 21.3. The number of carboxylic acid groups (broad SMARTS) is 1. The number of thiophene rings is 1. The van der Waals surface area contributed by atoms with Crippen molar-refractivity contribution in [1.82, 2.24) is 0 Å². The smallest absolute Gasteiger partial charge is 0.345 e. The molecule has 2 heterocycles. The van der Waals surface area contributed by atoms with Crippen molar-refractivity contribution in [2.24, 2.45) is 0 Å². The second-order valence-electron chi connectivity index (χ2n) is 2.82. The third-order valence-corrected chi connectivity index (χ3v) is 2.76. The first-order chi connectivity index (χ1) is 7.20. The van der Waals surface area contributed by atoms with Gasteiger partial charge in [-0.2, -0.15) is 0 Å². The lowest BCUT2D eigenvalue weighted by Crippen LogP contribution is -1.89. The van der Waals surface area contributed by atoms with E-state index in [4.69, 9.17) is 9.52 Å².